The van der Waals surface area contributed by atoms with E-state index in [4.69, 9.17) is 4.74 Å². The van der Waals surface area contributed by atoms with Gasteiger partial charge in [-0.15, -0.1) is 0 Å². The van der Waals surface area contributed by atoms with Gasteiger partial charge < -0.3 is 10.1 Å². The quantitative estimate of drug-likeness (QED) is 0.753. The van der Waals surface area contributed by atoms with E-state index in [1.165, 1.54) is 12.2 Å². The fourth-order valence-corrected chi connectivity index (χ4v) is 0.820. The highest BCUT2D eigenvalue weighted by atomic mass is 19.4. The van der Waals surface area contributed by atoms with Gasteiger partial charge >= 0.3 is 12.1 Å². The molecule has 0 radical (unpaired) electrons. The normalized spacial score (nSPS) is 14.7. The average Bonchev–Trinajstić information content (AvgIpc) is 2.12. The molecule has 0 aromatic rings. The number of hydrogen-bond donors (Lipinski definition) is 1. The molecule has 0 bridgehead atoms. The molecule has 0 spiro atoms. The Bertz CT molecular complexity index is 241. The molecule has 0 heterocycles. The lowest BCUT2D eigenvalue weighted by atomic mass is 10.3. The number of rotatable bonds is 5. The first-order chi connectivity index (χ1) is 7.13. The zero-order valence-electron chi connectivity index (χ0n) is 8.70. The number of nitrogens with one attached hydrogen (secondary N) is 1. The lowest BCUT2D eigenvalue weighted by Crippen LogP contribution is -2.51. The molecule has 16 heavy (non-hydrogen) atoms. The lowest BCUT2D eigenvalue weighted by Gasteiger charge is -2.20. The Morgan fingerprint density at radius 2 is 1.81 bits per heavy atom. The lowest BCUT2D eigenvalue weighted by molar-refractivity contribution is -0.269. The first kappa shape index (κ1) is 15.1. The third kappa shape index (κ3) is 3.92. The van der Waals surface area contributed by atoms with Crippen LogP contribution in [-0.2, 0) is 9.53 Å². The minimum Gasteiger partial charge on any atom is -0.377 e. The van der Waals surface area contributed by atoms with Crippen molar-refractivity contribution in [3.8, 4) is 0 Å². The average molecular weight is 249 g/mol. The molecule has 0 rings (SSSR count). The van der Waals surface area contributed by atoms with Crippen LogP contribution in [-0.4, -0.2) is 37.3 Å². The molecule has 96 valence electrons. The summed E-state index contributed by atoms with van der Waals surface area (Å²) in [5, 5.41) is 1.48. The standard InChI is InChI=1S/C8H12F5NO2/c1-3-16-5(2)4-14-6(15)7(9,10)8(11,12)13/h5H,3-4H2,1-2H3,(H,14,15). The maximum atomic E-state index is 12.4. The first-order valence-electron chi connectivity index (χ1n) is 4.47. The minimum atomic E-state index is -5.88. The van der Waals surface area contributed by atoms with Crippen LogP contribution in [0.5, 0.6) is 0 Å². The molecule has 0 aromatic carbocycles. The van der Waals surface area contributed by atoms with Gasteiger partial charge in [-0.1, -0.05) is 0 Å². The zero-order chi connectivity index (χ0) is 13.0. The van der Waals surface area contributed by atoms with Crippen LogP contribution < -0.4 is 5.32 Å². The van der Waals surface area contributed by atoms with Crippen LogP contribution in [0.1, 0.15) is 13.8 Å². The topological polar surface area (TPSA) is 38.3 Å². The summed E-state index contributed by atoms with van der Waals surface area (Å²) in [5.41, 5.74) is 0. The van der Waals surface area contributed by atoms with E-state index in [0.717, 1.165) is 0 Å². The van der Waals surface area contributed by atoms with E-state index in [0.29, 0.717) is 0 Å². The monoisotopic (exact) mass is 249 g/mol. The Morgan fingerprint density at radius 3 is 2.19 bits per heavy atom. The first-order valence-corrected chi connectivity index (χ1v) is 4.47. The van der Waals surface area contributed by atoms with Gasteiger partial charge in [0.2, 0.25) is 0 Å². The minimum absolute atomic E-state index is 0.271. The van der Waals surface area contributed by atoms with Gasteiger partial charge in [0, 0.05) is 13.2 Å². The van der Waals surface area contributed by atoms with E-state index in [-0.39, 0.29) is 6.61 Å². The van der Waals surface area contributed by atoms with Crippen molar-refractivity contribution in [3.63, 3.8) is 0 Å². The van der Waals surface area contributed by atoms with E-state index >= 15 is 0 Å². The molecule has 1 N–H and O–H groups in total. The molecule has 1 unspecified atom stereocenters. The molecule has 1 atom stereocenters. The number of alkyl halides is 5. The van der Waals surface area contributed by atoms with E-state index in [2.05, 4.69) is 0 Å². The highest BCUT2D eigenvalue weighted by Crippen LogP contribution is 2.35. The Balaban J connectivity index is 4.27. The molecule has 0 aliphatic carbocycles. The number of carbonyl (C=O) groups is 1. The van der Waals surface area contributed by atoms with Crippen molar-refractivity contribution in [2.24, 2.45) is 0 Å². The predicted molar refractivity (Wildman–Crippen MR) is 45.1 cm³/mol. The van der Waals surface area contributed by atoms with E-state index in [1.54, 1.807) is 6.92 Å². The van der Waals surface area contributed by atoms with E-state index in [9.17, 15) is 26.7 Å². The fourth-order valence-electron chi connectivity index (χ4n) is 0.820. The second kappa shape index (κ2) is 5.42. The van der Waals surface area contributed by atoms with Crippen molar-refractivity contribution >= 4 is 5.91 Å². The number of halogens is 5. The summed E-state index contributed by atoms with van der Waals surface area (Å²) >= 11 is 0. The maximum absolute atomic E-state index is 12.4. The summed E-state index contributed by atoms with van der Waals surface area (Å²) in [6.07, 6.45) is -6.51. The second-order valence-electron chi connectivity index (χ2n) is 3.05. The van der Waals surface area contributed by atoms with Crippen molar-refractivity contribution in [2.75, 3.05) is 13.2 Å². The maximum Gasteiger partial charge on any atom is 0.463 e. The molecule has 0 aliphatic rings. The van der Waals surface area contributed by atoms with Crippen molar-refractivity contribution < 1.29 is 31.5 Å². The number of amides is 1. The molecule has 3 nitrogen and oxygen atoms in total. The van der Waals surface area contributed by atoms with Gasteiger partial charge in [0.25, 0.3) is 5.91 Å². The van der Waals surface area contributed by atoms with Crippen molar-refractivity contribution in [3.05, 3.63) is 0 Å². The van der Waals surface area contributed by atoms with Gasteiger partial charge in [0.1, 0.15) is 0 Å². The van der Waals surface area contributed by atoms with Gasteiger partial charge in [0.15, 0.2) is 0 Å². The second-order valence-corrected chi connectivity index (χ2v) is 3.05. The third-order valence-corrected chi connectivity index (χ3v) is 1.64. The Kier molecular flexibility index (Phi) is 5.11. The van der Waals surface area contributed by atoms with Gasteiger partial charge in [-0.05, 0) is 13.8 Å². The summed E-state index contributed by atoms with van der Waals surface area (Å²) in [6.45, 7) is 2.93. The van der Waals surface area contributed by atoms with Gasteiger partial charge in [0.05, 0.1) is 6.10 Å². The van der Waals surface area contributed by atoms with Gasteiger partial charge in [-0.25, -0.2) is 0 Å². The van der Waals surface area contributed by atoms with Crippen molar-refractivity contribution in [1.29, 1.82) is 0 Å². The summed E-state index contributed by atoms with van der Waals surface area (Å²) in [5.74, 6) is -7.74. The predicted octanol–water partition coefficient (Wildman–Crippen LogP) is 1.73. The molecule has 8 heteroatoms. The Morgan fingerprint density at radius 1 is 1.31 bits per heavy atom. The van der Waals surface area contributed by atoms with Crippen molar-refractivity contribution in [2.45, 2.75) is 32.1 Å². The molecule has 0 aromatic heterocycles. The number of ether oxygens (including phenoxy) is 1. The van der Waals surface area contributed by atoms with Crippen LogP contribution in [0.2, 0.25) is 0 Å². The molecule has 1 amide bonds. The van der Waals surface area contributed by atoms with Crippen molar-refractivity contribution in [1.82, 2.24) is 5.32 Å². The zero-order valence-corrected chi connectivity index (χ0v) is 8.70. The summed E-state index contributed by atoms with van der Waals surface area (Å²) < 4.78 is 64.8. The third-order valence-electron chi connectivity index (χ3n) is 1.64. The van der Waals surface area contributed by atoms with Crippen LogP contribution in [0, 0.1) is 0 Å². The Hall–Kier alpha value is -0.920. The smallest absolute Gasteiger partial charge is 0.377 e. The fraction of sp³-hybridized carbons (Fsp3) is 0.875. The number of hydrogen-bond acceptors (Lipinski definition) is 2. The summed E-state index contributed by atoms with van der Waals surface area (Å²) in [4.78, 5) is 10.6. The van der Waals surface area contributed by atoms with Gasteiger partial charge in [-0.2, -0.15) is 22.0 Å². The summed E-state index contributed by atoms with van der Waals surface area (Å²) in [7, 11) is 0. The molecule has 0 fully saturated rings. The van der Waals surface area contributed by atoms with Crippen LogP contribution in [0.15, 0.2) is 0 Å². The van der Waals surface area contributed by atoms with E-state index in [1.807, 2.05) is 0 Å². The summed E-state index contributed by atoms with van der Waals surface area (Å²) in [6, 6.07) is 0. The molecular formula is C8H12F5NO2. The highest BCUT2D eigenvalue weighted by Gasteiger charge is 2.63. The molecule has 0 saturated heterocycles. The van der Waals surface area contributed by atoms with Crippen LogP contribution in [0.3, 0.4) is 0 Å². The van der Waals surface area contributed by atoms with Crippen LogP contribution in [0.25, 0.3) is 0 Å². The molecule has 0 saturated carbocycles. The Labute approximate surface area is 88.9 Å². The largest absolute Gasteiger partial charge is 0.463 e. The van der Waals surface area contributed by atoms with E-state index < -0.39 is 30.7 Å². The molecular weight excluding hydrogens is 237 g/mol. The highest BCUT2D eigenvalue weighted by molar-refractivity contribution is 5.84. The number of carbonyl (C=O) groups excluding carboxylic acids is 1. The van der Waals surface area contributed by atoms with Crippen LogP contribution in [0.4, 0.5) is 22.0 Å². The SMILES string of the molecule is CCOC(C)CNC(=O)C(F)(F)C(F)(F)F. The van der Waals surface area contributed by atoms with Crippen LogP contribution >= 0.6 is 0 Å². The van der Waals surface area contributed by atoms with Gasteiger partial charge in [-0.3, -0.25) is 4.79 Å². The molecule has 0 aliphatic heterocycles.